The van der Waals surface area contributed by atoms with Gasteiger partial charge in [-0.05, 0) is 121 Å². The second-order valence-corrected chi connectivity index (χ2v) is 14.4. The number of phenolic OH excluding ortho intramolecular Hbond substituents is 1. The second kappa shape index (κ2) is 11.3. The first kappa shape index (κ1) is 30.6. The number of ether oxygens (including phenoxy) is 1. The number of hydrogen-bond acceptors (Lipinski definition) is 6. The van der Waals surface area contributed by atoms with Gasteiger partial charge in [0, 0.05) is 45.4 Å². The summed E-state index contributed by atoms with van der Waals surface area (Å²) in [6, 6.07) is 16.1. The third-order valence-corrected chi connectivity index (χ3v) is 11.6. The molecular formula is C37H36FNO6S. The highest BCUT2D eigenvalue weighted by molar-refractivity contribution is 7.84. The quantitative estimate of drug-likeness (QED) is 0.361. The fraction of sp³-hybridized carbons (Fsp3) is 0.351. The number of likely N-dealkylation sites (tertiary alicyclic amines) is 1. The van der Waals surface area contributed by atoms with Crippen LogP contribution in [0.1, 0.15) is 60.4 Å². The van der Waals surface area contributed by atoms with Gasteiger partial charge in [0.25, 0.3) is 0 Å². The number of fused-ring (bicyclic) bond motifs is 1. The number of carbonyl (C=O) groups excluding carboxylic acids is 1. The summed E-state index contributed by atoms with van der Waals surface area (Å²) in [6.45, 7) is 2.86. The molecule has 3 aliphatic carbocycles. The molecule has 0 amide bonds. The molecule has 5 aliphatic rings. The van der Waals surface area contributed by atoms with E-state index in [9.17, 15) is 23.3 Å². The van der Waals surface area contributed by atoms with Crippen LogP contribution in [0.4, 0.5) is 4.39 Å². The Kier molecular flexibility index (Phi) is 7.52. The smallest absolute Gasteiger partial charge is 0.307 e. The molecule has 46 heavy (non-hydrogen) atoms. The molecule has 2 heterocycles. The predicted octanol–water partition coefficient (Wildman–Crippen LogP) is 6.00. The Morgan fingerprint density at radius 3 is 2.63 bits per heavy atom. The van der Waals surface area contributed by atoms with Gasteiger partial charge in [0.1, 0.15) is 5.82 Å². The number of aromatic hydroxyl groups is 1. The number of carbonyl (C=O) groups is 2. The Morgan fingerprint density at radius 2 is 1.91 bits per heavy atom. The van der Waals surface area contributed by atoms with E-state index in [0.29, 0.717) is 35.3 Å². The highest BCUT2D eigenvalue weighted by Crippen LogP contribution is 2.62. The molecule has 2 aliphatic heterocycles. The van der Waals surface area contributed by atoms with Crippen molar-refractivity contribution in [2.24, 2.45) is 5.92 Å². The number of rotatable bonds is 4. The van der Waals surface area contributed by atoms with E-state index in [2.05, 4.69) is 11.9 Å². The van der Waals surface area contributed by atoms with E-state index in [-0.39, 0.29) is 35.3 Å². The molecule has 9 heteroatoms. The topological polar surface area (TPSA) is 104 Å². The molecule has 7 nitrogen and oxygen atoms in total. The molecule has 238 valence electrons. The summed E-state index contributed by atoms with van der Waals surface area (Å²) in [5.41, 5.74) is 7.00. The van der Waals surface area contributed by atoms with Crippen LogP contribution in [0, 0.1) is 11.7 Å². The molecule has 1 saturated carbocycles. The van der Waals surface area contributed by atoms with E-state index in [4.69, 9.17) is 9.84 Å². The first-order chi connectivity index (χ1) is 22.0. The van der Waals surface area contributed by atoms with Gasteiger partial charge < -0.3 is 19.8 Å². The van der Waals surface area contributed by atoms with E-state index < -0.39 is 16.8 Å². The van der Waals surface area contributed by atoms with Crippen LogP contribution in [-0.2, 0) is 32.2 Å². The lowest BCUT2D eigenvalue weighted by Gasteiger charge is -2.57. The molecule has 1 spiro atoms. The summed E-state index contributed by atoms with van der Waals surface area (Å²) >= 11 is 0. The van der Waals surface area contributed by atoms with Crippen LogP contribution < -0.4 is 4.74 Å². The number of allylic oxidation sites excluding steroid dienone is 2. The number of ketones is 1. The number of halogens is 1. The van der Waals surface area contributed by atoms with Crippen molar-refractivity contribution in [1.29, 1.82) is 0 Å². The van der Waals surface area contributed by atoms with Crippen LogP contribution in [0.15, 0.2) is 65.1 Å². The number of likely N-dealkylation sites (N-methyl/N-ethyl adjacent to an activating group) is 1. The summed E-state index contributed by atoms with van der Waals surface area (Å²) in [6.07, 6.45) is 6.61. The van der Waals surface area contributed by atoms with Crippen LogP contribution in [0.5, 0.6) is 11.5 Å². The van der Waals surface area contributed by atoms with Crippen molar-refractivity contribution in [2.75, 3.05) is 19.8 Å². The van der Waals surface area contributed by atoms with E-state index >= 15 is 0 Å². The molecule has 0 aromatic heterocycles. The van der Waals surface area contributed by atoms with Gasteiger partial charge in [-0.15, -0.1) is 0 Å². The zero-order valence-electron chi connectivity index (χ0n) is 26.0. The third kappa shape index (κ3) is 4.74. The van der Waals surface area contributed by atoms with Gasteiger partial charge >= 0.3 is 5.97 Å². The van der Waals surface area contributed by atoms with E-state index in [1.54, 1.807) is 30.5 Å². The van der Waals surface area contributed by atoms with E-state index in [0.717, 1.165) is 58.5 Å². The Bertz CT molecular complexity index is 1880. The maximum absolute atomic E-state index is 13.7. The molecule has 2 bridgehead atoms. The monoisotopic (exact) mass is 641 g/mol. The Balaban J connectivity index is 0.000000149. The molecule has 1 unspecified atom stereocenters. The number of Topliss-reactive ketones (excluding diaryl/α,β-unsaturated/α-hetero) is 1. The zero-order valence-corrected chi connectivity index (χ0v) is 26.8. The van der Waals surface area contributed by atoms with Crippen molar-refractivity contribution in [3.8, 4) is 11.5 Å². The number of nitrogens with zero attached hydrogens (tertiary/aromatic N) is 1. The van der Waals surface area contributed by atoms with Crippen molar-refractivity contribution in [2.45, 2.75) is 61.5 Å². The lowest BCUT2D eigenvalue weighted by Crippen LogP contribution is -2.65. The minimum atomic E-state index is -1.04. The first-order valence-corrected chi connectivity index (χ1v) is 17.2. The summed E-state index contributed by atoms with van der Waals surface area (Å²) in [5, 5.41) is 19.4. The molecule has 2 fully saturated rings. The lowest BCUT2D eigenvalue weighted by atomic mass is 9.52. The number of phenols is 1. The summed E-state index contributed by atoms with van der Waals surface area (Å²) < 4.78 is 31.2. The molecule has 0 radical (unpaired) electrons. The Labute approximate surface area is 269 Å². The molecule has 2 N–H and O–H groups in total. The van der Waals surface area contributed by atoms with Crippen LogP contribution >= 0.6 is 0 Å². The number of piperidine rings is 1. The van der Waals surface area contributed by atoms with Crippen molar-refractivity contribution in [3.05, 3.63) is 93.8 Å². The molecule has 3 aromatic carbocycles. The Morgan fingerprint density at radius 1 is 1.15 bits per heavy atom. The fourth-order valence-corrected chi connectivity index (χ4v) is 9.09. The van der Waals surface area contributed by atoms with Crippen LogP contribution in [0.25, 0.3) is 17.2 Å². The van der Waals surface area contributed by atoms with Gasteiger partial charge in [0.15, 0.2) is 23.4 Å². The van der Waals surface area contributed by atoms with Crippen LogP contribution in [0.2, 0.25) is 0 Å². The van der Waals surface area contributed by atoms with E-state index in [1.165, 1.54) is 17.7 Å². The van der Waals surface area contributed by atoms with Crippen LogP contribution in [-0.4, -0.2) is 63.1 Å². The van der Waals surface area contributed by atoms with Gasteiger partial charge in [-0.1, -0.05) is 24.3 Å². The van der Waals surface area contributed by atoms with Crippen LogP contribution in [0.3, 0.4) is 0 Å². The lowest BCUT2D eigenvalue weighted by molar-refractivity contribution is -0.138. The average Bonchev–Trinajstić information content (AvgIpc) is 3.50. The van der Waals surface area contributed by atoms with Gasteiger partial charge in [0.05, 0.1) is 6.42 Å². The highest BCUT2D eigenvalue weighted by atomic mass is 32.2. The minimum absolute atomic E-state index is 0.145. The van der Waals surface area contributed by atoms with Crippen molar-refractivity contribution in [1.82, 2.24) is 4.90 Å². The predicted molar refractivity (Wildman–Crippen MR) is 175 cm³/mol. The summed E-state index contributed by atoms with van der Waals surface area (Å²) in [5.74, 6) is 0.167. The largest absolute Gasteiger partial charge is 0.504 e. The molecule has 3 aromatic rings. The molecule has 1 saturated heterocycles. The normalized spacial score (nSPS) is 27.0. The number of carboxylic acid groups (broad SMARTS) is 1. The maximum Gasteiger partial charge on any atom is 0.307 e. The molecule has 5 atom stereocenters. The van der Waals surface area contributed by atoms with Gasteiger partial charge in [-0.2, -0.15) is 0 Å². The third-order valence-electron chi connectivity index (χ3n) is 10.7. The second-order valence-electron chi connectivity index (χ2n) is 13.0. The highest BCUT2D eigenvalue weighted by Gasteiger charge is 2.65. The standard InChI is InChI=1S/C20H17FO3S.C17H19NO3/c1-12-17(9-13-3-6-15(7-4-13)25(2)24)16-8-5-14(21)10-19(16)18(12)11-20(22)23;1-18-7-6-17-10-3-5-13(20)16(17)21-15-12(19)4-2-9(14(15)17)8-11(10)18/h3-10H,11H2,1-2H3,(H,22,23);2,4,10-11,16,19H,3,5-8H2,1H3/b17-9-;/t;10-,11+,16-,17-/m.0/s1. The number of carboxylic acids is 1. The summed E-state index contributed by atoms with van der Waals surface area (Å²) in [7, 11) is 1.16. The average molecular weight is 642 g/mol. The van der Waals surface area contributed by atoms with Gasteiger partial charge in [-0.25, -0.2) is 4.39 Å². The SMILES string of the molecule is CC1=C(CC(=O)O)c2cc(F)ccc2/C1=C\c1ccc(S(C)=O)cc1.CN1CC[C@]23c4c5ccc(O)c4O[C@H]2C(=O)CC[C@H]3[C@H]1C5. The first-order valence-electron chi connectivity index (χ1n) is 15.6. The fourth-order valence-electron chi connectivity index (χ4n) is 8.58. The molecular weight excluding hydrogens is 605 g/mol. The Hall–Kier alpha value is -4.08. The number of hydrogen-bond donors (Lipinski definition) is 2. The van der Waals surface area contributed by atoms with E-state index in [1.807, 2.05) is 31.2 Å². The number of aliphatic carboxylic acids is 1. The molecule has 8 rings (SSSR count). The maximum atomic E-state index is 13.7. The van der Waals surface area contributed by atoms with Crippen molar-refractivity contribution >= 4 is 39.8 Å². The summed E-state index contributed by atoms with van der Waals surface area (Å²) in [4.78, 5) is 26.9. The minimum Gasteiger partial charge on any atom is -0.504 e. The van der Waals surface area contributed by atoms with Gasteiger partial charge in [0.2, 0.25) is 0 Å². The van der Waals surface area contributed by atoms with Crippen molar-refractivity contribution < 1.29 is 33.1 Å². The number of benzene rings is 3. The zero-order chi connectivity index (χ0) is 32.5. The van der Waals surface area contributed by atoms with Crippen molar-refractivity contribution in [3.63, 3.8) is 0 Å². The van der Waals surface area contributed by atoms with Gasteiger partial charge in [-0.3, -0.25) is 13.8 Å².